The molecule has 0 saturated carbocycles. The third kappa shape index (κ3) is 4.39. The average molecular weight is 463 g/mol. The van der Waals surface area contributed by atoms with Gasteiger partial charge in [0.25, 0.3) is 11.5 Å². The maximum absolute atomic E-state index is 13.2. The molecule has 7 nitrogen and oxygen atoms in total. The Morgan fingerprint density at radius 3 is 2.23 bits per heavy atom. The van der Waals surface area contributed by atoms with E-state index in [0.717, 1.165) is 20.9 Å². The summed E-state index contributed by atoms with van der Waals surface area (Å²) in [6, 6.07) is 26.0. The molecule has 2 N–H and O–H groups in total. The number of aldehydes is 1. The summed E-state index contributed by atoms with van der Waals surface area (Å²) in [5, 5.41) is 4.91. The molecular formula is C28H21N3O4. The molecule has 0 aliphatic carbocycles. The lowest BCUT2D eigenvalue weighted by molar-refractivity contribution is -0.109. The zero-order chi connectivity index (χ0) is 24.4. The van der Waals surface area contributed by atoms with Crippen LogP contribution in [0.2, 0.25) is 0 Å². The zero-order valence-electron chi connectivity index (χ0n) is 18.6. The van der Waals surface area contributed by atoms with Crippen LogP contribution in [0.4, 0.5) is 0 Å². The largest absolute Gasteiger partial charge is 0.342 e. The summed E-state index contributed by atoms with van der Waals surface area (Å²) in [6.45, 7) is 0. The zero-order valence-corrected chi connectivity index (χ0v) is 18.6. The summed E-state index contributed by atoms with van der Waals surface area (Å²) in [5.41, 5.74) is 1.02. The summed E-state index contributed by atoms with van der Waals surface area (Å²) in [4.78, 5) is 52.9. The van der Waals surface area contributed by atoms with Crippen molar-refractivity contribution in [1.82, 2.24) is 14.9 Å². The van der Waals surface area contributed by atoms with E-state index < -0.39 is 23.2 Å². The molecule has 1 atom stereocenters. The van der Waals surface area contributed by atoms with Gasteiger partial charge in [0.15, 0.2) is 0 Å². The Kier molecular flexibility index (Phi) is 5.81. The number of carbonyl (C=O) groups excluding carboxylic acids is 2. The maximum Gasteiger partial charge on any atom is 0.333 e. The van der Waals surface area contributed by atoms with Crippen LogP contribution in [-0.4, -0.2) is 27.8 Å². The van der Waals surface area contributed by atoms with Crippen LogP contribution in [0.25, 0.3) is 27.4 Å². The van der Waals surface area contributed by atoms with E-state index in [-0.39, 0.29) is 0 Å². The number of aromatic nitrogens is 2. The Morgan fingerprint density at radius 1 is 0.886 bits per heavy atom. The first-order chi connectivity index (χ1) is 17.0. The van der Waals surface area contributed by atoms with Crippen molar-refractivity contribution >= 4 is 33.9 Å². The molecule has 172 valence electrons. The highest BCUT2D eigenvalue weighted by atomic mass is 16.2. The smallest absolute Gasteiger partial charge is 0.333 e. The predicted octanol–water partition coefficient (Wildman–Crippen LogP) is 3.37. The van der Waals surface area contributed by atoms with Crippen LogP contribution in [0.15, 0.2) is 101 Å². The normalized spacial score (nSPS) is 11.9. The van der Waals surface area contributed by atoms with E-state index in [9.17, 15) is 19.2 Å². The lowest BCUT2D eigenvalue weighted by Crippen LogP contribution is -2.37. The Balaban J connectivity index is 1.43. The quantitative estimate of drug-likeness (QED) is 0.298. The molecule has 4 aromatic carbocycles. The Hall–Kier alpha value is -4.78. The molecule has 0 saturated heterocycles. The molecule has 0 aliphatic rings. The highest BCUT2D eigenvalue weighted by molar-refractivity contribution is 5.97. The van der Waals surface area contributed by atoms with Crippen LogP contribution in [0.5, 0.6) is 0 Å². The molecule has 1 unspecified atom stereocenters. The van der Waals surface area contributed by atoms with E-state index in [1.807, 2.05) is 54.6 Å². The second kappa shape index (κ2) is 9.23. The molecule has 7 heteroatoms. The van der Waals surface area contributed by atoms with Crippen molar-refractivity contribution in [3.63, 3.8) is 0 Å². The van der Waals surface area contributed by atoms with Gasteiger partial charge in [0.1, 0.15) is 6.29 Å². The van der Waals surface area contributed by atoms with Gasteiger partial charge in [-0.1, -0.05) is 54.6 Å². The van der Waals surface area contributed by atoms with Gasteiger partial charge in [-0.3, -0.25) is 9.59 Å². The summed E-state index contributed by atoms with van der Waals surface area (Å²) in [6.07, 6.45) is 1.09. The van der Waals surface area contributed by atoms with E-state index in [4.69, 9.17) is 0 Å². The number of nitrogens with zero attached hydrogens (tertiary/aromatic N) is 1. The summed E-state index contributed by atoms with van der Waals surface area (Å²) >= 11 is 0. The molecule has 1 heterocycles. The van der Waals surface area contributed by atoms with Crippen LogP contribution in [0.3, 0.4) is 0 Å². The topological polar surface area (TPSA) is 101 Å². The van der Waals surface area contributed by atoms with Gasteiger partial charge in [-0.05, 0) is 59.2 Å². The molecule has 0 spiro atoms. The molecule has 1 aromatic heterocycles. The molecule has 0 aliphatic heterocycles. The maximum atomic E-state index is 13.2. The number of hydrogen-bond acceptors (Lipinski definition) is 4. The Morgan fingerprint density at radius 2 is 1.54 bits per heavy atom. The number of carbonyl (C=O) groups is 2. The van der Waals surface area contributed by atoms with Crippen molar-refractivity contribution in [3.05, 3.63) is 123 Å². The van der Waals surface area contributed by atoms with Gasteiger partial charge in [0, 0.05) is 5.56 Å². The van der Waals surface area contributed by atoms with Crippen molar-refractivity contribution in [1.29, 1.82) is 0 Å². The third-order valence-corrected chi connectivity index (χ3v) is 5.93. The number of aromatic amines is 1. The second-order valence-corrected chi connectivity index (χ2v) is 8.27. The summed E-state index contributed by atoms with van der Waals surface area (Å²) in [5.74, 6) is -0.421. The van der Waals surface area contributed by atoms with Crippen LogP contribution >= 0.6 is 0 Å². The van der Waals surface area contributed by atoms with E-state index in [1.165, 1.54) is 24.3 Å². The van der Waals surface area contributed by atoms with Gasteiger partial charge in [-0.2, -0.15) is 0 Å². The van der Waals surface area contributed by atoms with Crippen molar-refractivity contribution in [2.24, 2.45) is 0 Å². The monoisotopic (exact) mass is 463 g/mol. The van der Waals surface area contributed by atoms with Crippen LogP contribution in [-0.2, 0) is 11.2 Å². The van der Waals surface area contributed by atoms with Gasteiger partial charge in [0.2, 0.25) is 0 Å². The minimum Gasteiger partial charge on any atom is -0.342 e. The number of benzene rings is 4. The number of fused-ring (bicyclic) bond motifs is 2. The molecule has 0 radical (unpaired) electrons. The molecule has 5 rings (SSSR count). The minimum absolute atomic E-state index is 0.310. The Bertz CT molecular complexity index is 1670. The van der Waals surface area contributed by atoms with E-state index in [2.05, 4.69) is 10.3 Å². The molecule has 5 aromatic rings. The van der Waals surface area contributed by atoms with Gasteiger partial charge in [-0.25, -0.2) is 9.36 Å². The first-order valence-corrected chi connectivity index (χ1v) is 11.1. The van der Waals surface area contributed by atoms with Crippen LogP contribution < -0.4 is 16.6 Å². The van der Waals surface area contributed by atoms with Crippen molar-refractivity contribution in [2.75, 3.05) is 0 Å². The fourth-order valence-electron chi connectivity index (χ4n) is 4.15. The van der Waals surface area contributed by atoms with Crippen LogP contribution in [0.1, 0.15) is 15.9 Å². The second-order valence-electron chi connectivity index (χ2n) is 8.27. The number of rotatable bonds is 6. The van der Waals surface area contributed by atoms with Gasteiger partial charge >= 0.3 is 5.69 Å². The summed E-state index contributed by atoms with van der Waals surface area (Å²) < 4.78 is 1.04. The SMILES string of the molecule is O=CC(Cc1ccccc1)NC(=O)c1ccc(-n2c(=O)[nH]c3cc4ccccc4cc3c2=O)cc1. The van der Waals surface area contributed by atoms with Crippen LogP contribution in [0, 0.1) is 0 Å². The van der Waals surface area contributed by atoms with Crippen molar-refractivity contribution in [3.8, 4) is 5.69 Å². The van der Waals surface area contributed by atoms with Gasteiger partial charge in [-0.15, -0.1) is 0 Å². The van der Waals surface area contributed by atoms with Crippen molar-refractivity contribution < 1.29 is 9.59 Å². The fourth-order valence-corrected chi connectivity index (χ4v) is 4.15. The number of hydrogen-bond donors (Lipinski definition) is 2. The van der Waals surface area contributed by atoms with E-state index in [0.29, 0.717) is 34.9 Å². The molecular weight excluding hydrogens is 442 g/mol. The molecule has 35 heavy (non-hydrogen) atoms. The number of nitrogens with one attached hydrogen (secondary N) is 2. The molecule has 1 amide bonds. The fraction of sp³-hybridized carbons (Fsp3) is 0.0714. The van der Waals surface area contributed by atoms with E-state index >= 15 is 0 Å². The highest BCUT2D eigenvalue weighted by Crippen LogP contribution is 2.19. The molecule has 0 fully saturated rings. The average Bonchev–Trinajstić information content (AvgIpc) is 2.88. The Labute approximate surface area is 199 Å². The van der Waals surface area contributed by atoms with E-state index in [1.54, 1.807) is 12.1 Å². The molecule has 0 bridgehead atoms. The first kappa shape index (κ1) is 22.0. The number of amides is 1. The van der Waals surface area contributed by atoms with Crippen molar-refractivity contribution in [2.45, 2.75) is 12.5 Å². The lowest BCUT2D eigenvalue weighted by Gasteiger charge is -2.13. The van der Waals surface area contributed by atoms with Gasteiger partial charge in [0.05, 0.1) is 22.6 Å². The standard InChI is InChI=1S/C28H21N3O4/c32-17-22(14-18-6-2-1-3-7-18)29-26(33)19-10-12-23(13-11-19)31-27(34)24-15-20-8-4-5-9-21(20)16-25(24)30-28(31)35/h1-13,15-17,22H,14H2,(H,29,33)(H,30,35). The summed E-state index contributed by atoms with van der Waals surface area (Å²) in [7, 11) is 0. The van der Waals surface area contributed by atoms with Gasteiger partial charge < -0.3 is 15.1 Å². The minimum atomic E-state index is -0.676. The highest BCUT2D eigenvalue weighted by Gasteiger charge is 2.15. The number of H-pyrrole nitrogens is 1. The predicted molar refractivity (Wildman–Crippen MR) is 135 cm³/mol. The third-order valence-electron chi connectivity index (χ3n) is 5.93. The first-order valence-electron chi connectivity index (χ1n) is 11.1. The lowest BCUT2D eigenvalue weighted by atomic mass is 10.1.